The molecule has 4 heteroatoms. The summed E-state index contributed by atoms with van der Waals surface area (Å²) in [6.07, 6.45) is 0.685. The van der Waals surface area contributed by atoms with Gasteiger partial charge < -0.3 is 18.6 Å². The maximum atomic E-state index is 7.02. The monoisotopic (exact) mass is 1510 g/mol. The Labute approximate surface area is 687 Å². The second-order valence-electron chi connectivity index (χ2n) is 32.2. The molecule has 1 unspecified atom stereocenters. The third-order valence-corrected chi connectivity index (χ3v) is 25.2. The Balaban J connectivity index is 0.750. The van der Waals surface area contributed by atoms with Gasteiger partial charge in [0.2, 0.25) is 0 Å². The minimum Gasteiger partial charge on any atom is -0.455 e. The Kier molecular flexibility index (Phi) is 16.8. The third kappa shape index (κ3) is 11.3. The standard InChI is InChI=1S/C114H80N2O2/c1-113(2)96-61-24-19-53-94(96)109-98(113)63-34-68-103(109)115(79-44-29-43-77(72-79)84-57-30-59-92-87-49-22-27-70-105(87)117-111(84)92)101-66-32-55-83(76-40-11-6-12-41-76)108(101)90-52-18-16-47-85(90)81-46-14-13-42-78(81)73-114(3)97-62-25-20-54-95(97)110-99(114)64-35-69-104(110)116(100-65-26-21-48-86(100)91-58-31-60-93-88-50-23-28-71-106(88)118-112(91)93)102-67-33-56-82(75-38-9-5-10-39-75)107(102)89-51-17-15-45-80(89)74-36-7-4-8-37-74/h4-72H,73H2,1-3H3. The van der Waals surface area contributed by atoms with E-state index < -0.39 is 5.41 Å². The van der Waals surface area contributed by atoms with Crippen LogP contribution in [0.4, 0.5) is 34.1 Å². The van der Waals surface area contributed by atoms with Crippen LogP contribution in [0.2, 0.25) is 0 Å². The maximum absolute atomic E-state index is 7.02. The Morgan fingerprint density at radius 2 is 0.585 bits per heavy atom. The summed E-state index contributed by atoms with van der Waals surface area (Å²) in [6, 6.07) is 155. The fraction of sp³-hybridized carbons (Fsp3) is 0.0526. The summed E-state index contributed by atoms with van der Waals surface area (Å²) in [7, 11) is 0. The van der Waals surface area contributed by atoms with E-state index in [9.17, 15) is 0 Å². The molecule has 0 amide bonds. The smallest absolute Gasteiger partial charge is 0.143 e. The Morgan fingerprint density at radius 3 is 1.21 bits per heavy atom. The minimum atomic E-state index is -0.563. The first-order valence-electron chi connectivity index (χ1n) is 41.0. The molecule has 22 rings (SSSR count). The predicted molar refractivity (Wildman–Crippen MR) is 493 cm³/mol. The van der Waals surface area contributed by atoms with Gasteiger partial charge in [-0.15, -0.1) is 0 Å². The van der Waals surface area contributed by atoms with Crippen LogP contribution in [0.25, 0.3) is 155 Å². The molecule has 1 atom stereocenters. The van der Waals surface area contributed by atoms with Gasteiger partial charge in [-0.2, -0.15) is 0 Å². The predicted octanol–water partition coefficient (Wildman–Crippen LogP) is 31.6. The molecule has 2 aromatic heterocycles. The molecule has 0 radical (unpaired) electrons. The molecule has 0 saturated heterocycles. The summed E-state index contributed by atoms with van der Waals surface area (Å²) in [4.78, 5) is 5.16. The number of furan rings is 2. The number of fused-ring (bicyclic) bond motifs is 12. The zero-order valence-electron chi connectivity index (χ0n) is 65.8. The zero-order valence-corrected chi connectivity index (χ0v) is 65.8. The summed E-state index contributed by atoms with van der Waals surface area (Å²) in [5.41, 5.74) is 38.0. The van der Waals surface area contributed by atoms with Crippen LogP contribution in [-0.4, -0.2) is 0 Å². The first kappa shape index (κ1) is 69.8. The van der Waals surface area contributed by atoms with Gasteiger partial charge in [-0.1, -0.05) is 385 Å². The van der Waals surface area contributed by atoms with E-state index in [-0.39, 0.29) is 5.41 Å². The third-order valence-electron chi connectivity index (χ3n) is 25.2. The van der Waals surface area contributed by atoms with Crippen LogP contribution in [0.1, 0.15) is 48.6 Å². The summed E-state index contributed by atoms with van der Waals surface area (Å²) in [6.45, 7) is 7.27. The summed E-state index contributed by atoms with van der Waals surface area (Å²) >= 11 is 0. The molecule has 2 aliphatic carbocycles. The van der Waals surface area contributed by atoms with Crippen molar-refractivity contribution in [2.45, 2.75) is 38.0 Å². The Bertz CT molecular complexity index is 7350. The average Bonchev–Trinajstić information content (AvgIpc) is 1.52. The van der Waals surface area contributed by atoms with Gasteiger partial charge in [-0.05, 0) is 161 Å². The van der Waals surface area contributed by atoms with Crippen molar-refractivity contribution in [1.29, 1.82) is 0 Å². The summed E-state index contributed by atoms with van der Waals surface area (Å²) < 4.78 is 13.9. The molecule has 18 aromatic carbocycles. The van der Waals surface area contributed by atoms with Crippen LogP contribution in [-0.2, 0) is 17.3 Å². The molecule has 2 aliphatic rings. The number of benzene rings is 18. The molecular weight excluding hydrogens is 1430 g/mol. The molecule has 0 fully saturated rings. The van der Waals surface area contributed by atoms with Crippen molar-refractivity contribution in [2.75, 3.05) is 9.80 Å². The van der Waals surface area contributed by atoms with Gasteiger partial charge in [0.15, 0.2) is 0 Å². The van der Waals surface area contributed by atoms with Crippen LogP contribution >= 0.6 is 0 Å². The summed E-state index contributed by atoms with van der Waals surface area (Å²) in [5.74, 6) is 0. The molecule has 118 heavy (non-hydrogen) atoms. The van der Waals surface area contributed by atoms with Crippen LogP contribution in [0, 0.1) is 0 Å². The van der Waals surface area contributed by atoms with Gasteiger partial charge in [0.1, 0.15) is 22.3 Å². The quantitative estimate of drug-likeness (QED) is 0.0965. The van der Waals surface area contributed by atoms with Crippen LogP contribution in [0.5, 0.6) is 0 Å². The zero-order chi connectivity index (χ0) is 78.6. The van der Waals surface area contributed by atoms with Gasteiger partial charge in [0.05, 0.1) is 28.4 Å². The van der Waals surface area contributed by atoms with Crippen molar-refractivity contribution in [3.05, 3.63) is 446 Å². The lowest BCUT2D eigenvalue weighted by atomic mass is 9.74. The van der Waals surface area contributed by atoms with Crippen molar-refractivity contribution < 1.29 is 8.83 Å². The van der Waals surface area contributed by atoms with Crippen molar-refractivity contribution >= 4 is 78.0 Å². The van der Waals surface area contributed by atoms with Crippen LogP contribution in [0.15, 0.2) is 427 Å². The molecule has 0 aliphatic heterocycles. The highest BCUT2D eigenvalue weighted by molar-refractivity contribution is 6.14. The average molecular weight is 1510 g/mol. The number of anilines is 6. The highest BCUT2D eigenvalue weighted by atomic mass is 16.3. The lowest BCUT2D eigenvalue weighted by molar-refractivity contribution is 0.584. The van der Waals surface area contributed by atoms with E-state index in [2.05, 4.69) is 449 Å². The van der Waals surface area contributed by atoms with Gasteiger partial charge in [0.25, 0.3) is 0 Å². The van der Waals surface area contributed by atoms with E-state index in [4.69, 9.17) is 8.83 Å². The maximum Gasteiger partial charge on any atom is 0.143 e. The molecule has 2 heterocycles. The fourth-order valence-corrected chi connectivity index (χ4v) is 19.9. The number of hydrogen-bond donors (Lipinski definition) is 0. The van der Waals surface area contributed by atoms with Crippen molar-refractivity contribution in [1.82, 2.24) is 0 Å². The lowest BCUT2D eigenvalue weighted by Gasteiger charge is -2.34. The fourth-order valence-electron chi connectivity index (χ4n) is 19.9. The molecule has 0 saturated carbocycles. The minimum absolute atomic E-state index is 0.263. The van der Waals surface area contributed by atoms with E-state index >= 15 is 0 Å². The number of hydrogen-bond acceptors (Lipinski definition) is 4. The van der Waals surface area contributed by atoms with Crippen molar-refractivity contribution in [2.24, 2.45) is 0 Å². The van der Waals surface area contributed by atoms with Gasteiger partial charge in [0, 0.05) is 77.0 Å². The van der Waals surface area contributed by atoms with Crippen LogP contribution < -0.4 is 9.80 Å². The number of rotatable bonds is 16. The molecule has 20 aromatic rings. The second kappa shape index (κ2) is 28.3. The van der Waals surface area contributed by atoms with E-state index in [0.29, 0.717) is 6.42 Å². The van der Waals surface area contributed by atoms with Gasteiger partial charge in [-0.25, -0.2) is 0 Å². The molecule has 0 N–H and O–H groups in total. The van der Waals surface area contributed by atoms with Crippen molar-refractivity contribution in [3.8, 4) is 111 Å². The highest BCUT2D eigenvalue weighted by Gasteiger charge is 2.44. The van der Waals surface area contributed by atoms with Gasteiger partial charge >= 0.3 is 0 Å². The number of para-hydroxylation sites is 5. The van der Waals surface area contributed by atoms with E-state index in [1.165, 1.54) is 55.6 Å². The lowest BCUT2D eigenvalue weighted by Crippen LogP contribution is -2.24. The van der Waals surface area contributed by atoms with Gasteiger partial charge in [-0.3, -0.25) is 0 Å². The molecular formula is C114H80N2O2. The van der Waals surface area contributed by atoms with E-state index in [0.717, 1.165) is 161 Å². The Morgan fingerprint density at radius 1 is 0.220 bits per heavy atom. The first-order valence-corrected chi connectivity index (χ1v) is 41.0. The largest absolute Gasteiger partial charge is 0.455 e. The molecule has 0 bridgehead atoms. The number of nitrogens with zero attached hydrogens (tertiary/aromatic N) is 2. The normalized spacial score (nSPS) is 13.7. The molecule has 558 valence electrons. The van der Waals surface area contributed by atoms with E-state index in [1.54, 1.807) is 0 Å². The SMILES string of the molecule is CC1(C)c2ccccc2-c2c(N(c3cccc(-c4cccc5c4oc4ccccc45)c3)c3cccc(-c4ccccc4)c3-c3ccccc3-c3ccccc3CC3(C)c4ccccc4-c4c(N(c5ccccc5-c5cccc6c5oc5ccccc56)c5cccc(-c6ccccc6)c5-c5ccccc5-c5ccccc5)cccc43)cccc21. The van der Waals surface area contributed by atoms with Crippen LogP contribution in [0.3, 0.4) is 0 Å². The molecule has 4 nitrogen and oxygen atoms in total. The second-order valence-corrected chi connectivity index (χ2v) is 32.2. The summed E-state index contributed by atoms with van der Waals surface area (Å²) in [5, 5.41) is 4.37. The van der Waals surface area contributed by atoms with Crippen molar-refractivity contribution in [3.63, 3.8) is 0 Å². The van der Waals surface area contributed by atoms with E-state index in [1.807, 2.05) is 0 Å². The first-order chi connectivity index (χ1) is 58.2. The molecule has 0 spiro atoms. The Hall–Kier alpha value is -14.8. The highest BCUT2D eigenvalue weighted by Crippen LogP contribution is 2.61. The topological polar surface area (TPSA) is 32.8 Å².